The fourth-order valence-electron chi connectivity index (χ4n) is 3.16. The fourth-order valence-corrected chi connectivity index (χ4v) is 3.16. The van der Waals surface area contributed by atoms with E-state index in [1.54, 1.807) is 6.20 Å². The first-order chi connectivity index (χ1) is 13.6. The lowest BCUT2D eigenvalue weighted by molar-refractivity contribution is 0.0510. The van der Waals surface area contributed by atoms with Crippen LogP contribution in [0.4, 0.5) is 0 Å². The predicted octanol–water partition coefficient (Wildman–Crippen LogP) is 4.39. The smallest absolute Gasteiger partial charge is 0.119 e. The Balaban J connectivity index is 1.66. The van der Waals surface area contributed by atoms with Gasteiger partial charge in [-0.3, -0.25) is 9.88 Å². The van der Waals surface area contributed by atoms with Crippen molar-refractivity contribution in [1.82, 2.24) is 9.88 Å². The predicted molar refractivity (Wildman–Crippen MR) is 112 cm³/mol. The first-order valence-corrected chi connectivity index (χ1v) is 9.67. The number of benzene rings is 2. The van der Waals surface area contributed by atoms with Crippen molar-refractivity contribution < 1.29 is 9.84 Å². The lowest BCUT2D eigenvalue weighted by Gasteiger charge is -2.31. The van der Waals surface area contributed by atoms with Crippen molar-refractivity contribution in [3.05, 3.63) is 95.8 Å². The topological polar surface area (TPSA) is 45.6 Å². The van der Waals surface area contributed by atoms with Gasteiger partial charge in [-0.1, -0.05) is 54.1 Å². The highest BCUT2D eigenvalue weighted by Gasteiger charge is 2.20. The molecule has 4 heteroatoms. The first-order valence-electron chi connectivity index (χ1n) is 9.67. The molecule has 3 aromatic rings. The summed E-state index contributed by atoms with van der Waals surface area (Å²) in [6.07, 6.45) is 3.07. The van der Waals surface area contributed by atoms with Crippen molar-refractivity contribution in [1.29, 1.82) is 0 Å². The first kappa shape index (κ1) is 20.1. The van der Waals surface area contributed by atoms with Crippen LogP contribution in [0.3, 0.4) is 0 Å². The van der Waals surface area contributed by atoms with Crippen LogP contribution in [0.2, 0.25) is 0 Å². The lowest BCUT2D eigenvalue weighted by atomic mass is 10.1. The Morgan fingerprint density at radius 3 is 2.43 bits per heavy atom. The van der Waals surface area contributed by atoms with Crippen LogP contribution in [0.5, 0.6) is 5.75 Å². The van der Waals surface area contributed by atoms with Crippen LogP contribution < -0.4 is 4.74 Å². The van der Waals surface area contributed by atoms with Crippen LogP contribution in [0.25, 0.3) is 0 Å². The van der Waals surface area contributed by atoms with Gasteiger partial charge in [-0.15, -0.1) is 0 Å². The second kappa shape index (κ2) is 10.0. The molecule has 0 amide bonds. The summed E-state index contributed by atoms with van der Waals surface area (Å²) in [5, 5.41) is 10.6. The minimum absolute atomic E-state index is 0.128. The highest BCUT2D eigenvalue weighted by atomic mass is 16.5. The molecule has 0 aliphatic rings. The summed E-state index contributed by atoms with van der Waals surface area (Å²) < 4.78 is 5.77. The molecule has 0 aliphatic heterocycles. The third kappa shape index (κ3) is 5.91. The van der Waals surface area contributed by atoms with Crippen LogP contribution in [-0.2, 0) is 6.54 Å². The van der Waals surface area contributed by atoms with Crippen molar-refractivity contribution >= 4 is 0 Å². The van der Waals surface area contributed by atoms with Crippen molar-refractivity contribution in [3.63, 3.8) is 0 Å². The maximum atomic E-state index is 10.6. The number of aryl methyl sites for hydroxylation is 1. The Kier molecular flexibility index (Phi) is 7.18. The van der Waals surface area contributed by atoms with Crippen LogP contribution >= 0.6 is 0 Å². The average molecular weight is 377 g/mol. The van der Waals surface area contributed by atoms with Gasteiger partial charge in [-0.05, 0) is 43.2 Å². The number of rotatable bonds is 9. The van der Waals surface area contributed by atoms with Gasteiger partial charge in [0.2, 0.25) is 0 Å². The molecule has 0 saturated carbocycles. The molecule has 0 radical (unpaired) electrons. The average Bonchev–Trinajstić information content (AvgIpc) is 2.74. The standard InChI is InChI=1S/C24H28N2O2/c1-19-10-12-24(13-11-19)28-18-23(27)17-26(16-21-7-4-3-5-8-21)20(2)22-9-6-14-25-15-22/h3-15,20,23,27H,16-18H2,1-2H3. The van der Waals surface area contributed by atoms with Crippen LogP contribution in [0.1, 0.15) is 29.7 Å². The summed E-state index contributed by atoms with van der Waals surface area (Å²) in [7, 11) is 0. The summed E-state index contributed by atoms with van der Waals surface area (Å²) in [6, 6.07) is 22.3. The minimum atomic E-state index is -0.593. The quantitative estimate of drug-likeness (QED) is 0.601. The molecule has 3 rings (SSSR count). The molecule has 0 saturated heterocycles. The molecular weight excluding hydrogens is 348 g/mol. The zero-order valence-corrected chi connectivity index (χ0v) is 16.5. The van der Waals surface area contributed by atoms with E-state index in [4.69, 9.17) is 4.74 Å². The molecule has 2 unspecified atom stereocenters. The molecule has 2 atom stereocenters. The highest BCUT2D eigenvalue weighted by Crippen LogP contribution is 2.22. The number of aliphatic hydroxyl groups excluding tert-OH is 1. The number of aliphatic hydroxyl groups is 1. The molecule has 1 aromatic heterocycles. The van der Waals surface area contributed by atoms with Gasteiger partial charge in [0.25, 0.3) is 0 Å². The molecule has 28 heavy (non-hydrogen) atoms. The number of ether oxygens (including phenoxy) is 1. The van der Waals surface area contributed by atoms with E-state index in [2.05, 4.69) is 35.0 Å². The van der Waals surface area contributed by atoms with E-state index in [1.165, 1.54) is 11.1 Å². The molecular formula is C24H28N2O2. The van der Waals surface area contributed by atoms with E-state index in [0.29, 0.717) is 6.54 Å². The van der Waals surface area contributed by atoms with Gasteiger partial charge in [0, 0.05) is 31.5 Å². The molecule has 0 bridgehead atoms. The third-order valence-electron chi connectivity index (χ3n) is 4.85. The van der Waals surface area contributed by atoms with Crippen LogP contribution in [0, 0.1) is 6.92 Å². The van der Waals surface area contributed by atoms with E-state index < -0.39 is 6.10 Å². The molecule has 1 heterocycles. The largest absolute Gasteiger partial charge is 0.491 e. The van der Waals surface area contributed by atoms with E-state index >= 15 is 0 Å². The van der Waals surface area contributed by atoms with Gasteiger partial charge in [-0.25, -0.2) is 0 Å². The summed E-state index contributed by atoms with van der Waals surface area (Å²) in [5.74, 6) is 0.777. The number of hydrogen-bond acceptors (Lipinski definition) is 4. The SMILES string of the molecule is Cc1ccc(OCC(O)CN(Cc2ccccc2)C(C)c2cccnc2)cc1. The second-order valence-corrected chi connectivity index (χ2v) is 7.16. The van der Waals surface area contributed by atoms with Gasteiger partial charge >= 0.3 is 0 Å². The van der Waals surface area contributed by atoms with Crippen molar-refractivity contribution in [2.45, 2.75) is 32.5 Å². The summed E-state index contributed by atoms with van der Waals surface area (Å²) >= 11 is 0. The Morgan fingerprint density at radius 1 is 1.00 bits per heavy atom. The number of hydrogen-bond donors (Lipinski definition) is 1. The summed E-state index contributed by atoms with van der Waals surface area (Å²) in [5.41, 5.74) is 3.53. The van der Waals surface area contributed by atoms with Crippen molar-refractivity contribution in [2.75, 3.05) is 13.2 Å². The van der Waals surface area contributed by atoms with Crippen molar-refractivity contribution in [3.8, 4) is 5.75 Å². The molecule has 0 spiro atoms. The molecule has 146 valence electrons. The number of nitrogens with zero attached hydrogens (tertiary/aromatic N) is 2. The van der Waals surface area contributed by atoms with Crippen molar-refractivity contribution in [2.24, 2.45) is 0 Å². The Bertz CT molecular complexity index is 822. The van der Waals surface area contributed by atoms with Crippen LogP contribution in [0.15, 0.2) is 79.1 Å². The molecule has 4 nitrogen and oxygen atoms in total. The Hall–Kier alpha value is -2.69. The maximum absolute atomic E-state index is 10.6. The Morgan fingerprint density at radius 2 is 1.75 bits per heavy atom. The van der Waals surface area contributed by atoms with E-state index in [9.17, 15) is 5.11 Å². The summed E-state index contributed by atoms with van der Waals surface area (Å²) in [4.78, 5) is 6.50. The molecule has 0 fully saturated rings. The highest BCUT2D eigenvalue weighted by molar-refractivity contribution is 5.26. The molecule has 1 N–H and O–H groups in total. The monoisotopic (exact) mass is 376 g/mol. The zero-order chi connectivity index (χ0) is 19.8. The van der Waals surface area contributed by atoms with E-state index in [1.807, 2.05) is 61.7 Å². The zero-order valence-electron chi connectivity index (χ0n) is 16.5. The third-order valence-corrected chi connectivity index (χ3v) is 4.85. The molecule has 2 aromatic carbocycles. The maximum Gasteiger partial charge on any atom is 0.119 e. The number of pyridine rings is 1. The van der Waals surface area contributed by atoms with Gasteiger partial charge in [0.1, 0.15) is 18.5 Å². The van der Waals surface area contributed by atoms with Gasteiger partial charge in [0.15, 0.2) is 0 Å². The minimum Gasteiger partial charge on any atom is -0.491 e. The van der Waals surface area contributed by atoms with Crippen LogP contribution in [-0.4, -0.2) is 34.2 Å². The lowest BCUT2D eigenvalue weighted by Crippen LogP contribution is -2.37. The van der Waals surface area contributed by atoms with Gasteiger partial charge in [0.05, 0.1) is 0 Å². The molecule has 0 aliphatic carbocycles. The van der Waals surface area contributed by atoms with Gasteiger partial charge in [-0.2, -0.15) is 0 Å². The van der Waals surface area contributed by atoms with Gasteiger partial charge < -0.3 is 9.84 Å². The Labute approximate surface area is 167 Å². The normalized spacial score (nSPS) is 13.3. The second-order valence-electron chi connectivity index (χ2n) is 7.16. The number of aromatic nitrogens is 1. The fraction of sp³-hybridized carbons (Fsp3) is 0.292. The van der Waals surface area contributed by atoms with E-state index in [-0.39, 0.29) is 12.6 Å². The summed E-state index contributed by atoms with van der Waals surface area (Å²) in [6.45, 7) is 5.71. The van der Waals surface area contributed by atoms with E-state index in [0.717, 1.165) is 17.9 Å².